The zero-order chi connectivity index (χ0) is 14.3. The molecule has 20 heavy (non-hydrogen) atoms. The smallest absolute Gasteiger partial charge is 0.256 e. The van der Waals surface area contributed by atoms with Crippen molar-refractivity contribution >= 4 is 5.91 Å². The van der Waals surface area contributed by atoms with E-state index in [-0.39, 0.29) is 5.91 Å². The molecule has 1 aromatic rings. The maximum Gasteiger partial charge on any atom is 0.256 e. The van der Waals surface area contributed by atoms with Crippen molar-refractivity contribution in [2.24, 2.45) is 0 Å². The Bertz CT molecular complexity index is 515. The lowest BCUT2D eigenvalue weighted by molar-refractivity contribution is -0.0373. The third-order valence-electron chi connectivity index (χ3n) is 4.69. The Morgan fingerprint density at radius 2 is 2.05 bits per heavy atom. The number of aromatic nitrogens is 1. The molecule has 1 aromatic heterocycles. The van der Waals surface area contributed by atoms with Gasteiger partial charge in [0.05, 0.1) is 11.2 Å². The van der Waals surface area contributed by atoms with Gasteiger partial charge in [0.25, 0.3) is 5.91 Å². The summed E-state index contributed by atoms with van der Waals surface area (Å²) in [6.45, 7) is 4.91. The quantitative estimate of drug-likeness (QED) is 0.840. The van der Waals surface area contributed by atoms with Crippen molar-refractivity contribution in [1.29, 1.82) is 0 Å². The highest BCUT2D eigenvalue weighted by molar-refractivity contribution is 5.97. The zero-order valence-corrected chi connectivity index (χ0v) is 12.3. The molecule has 1 fully saturated rings. The van der Waals surface area contributed by atoms with E-state index in [1.54, 1.807) is 0 Å². The van der Waals surface area contributed by atoms with Crippen LogP contribution in [0.5, 0.6) is 0 Å². The van der Waals surface area contributed by atoms with Crippen LogP contribution in [0, 0.1) is 6.92 Å². The van der Waals surface area contributed by atoms with Crippen LogP contribution in [0.3, 0.4) is 0 Å². The van der Waals surface area contributed by atoms with Crippen molar-refractivity contribution in [1.82, 2.24) is 14.8 Å². The molecule has 0 aliphatic carbocycles. The van der Waals surface area contributed by atoms with E-state index in [1.165, 1.54) is 0 Å². The van der Waals surface area contributed by atoms with E-state index < -0.39 is 5.60 Å². The van der Waals surface area contributed by atoms with Crippen molar-refractivity contribution in [3.63, 3.8) is 0 Å². The molecule has 0 radical (unpaired) electrons. The number of piperidine rings is 1. The standard InChI is InChI=1S/C15H23N3O2/c1-11-9-16-12-3-6-18(14(19)13(11)12)10-15(20)4-7-17(2)8-5-15/h9,16,20H,3-8,10H2,1-2H3. The van der Waals surface area contributed by atoms with Gasteiger partial charge < -0.3 is 19.9 Å². The number of β-amino-alcohol motifs (C(OH)–C–C–N with tert-alkyl or cyclic N) is 1. The SMILES string of the molecule is Cc1c[nH]c2c1C(=O)N(CC1(O)CCN(C)CC1)CC2. The number of hydrogen-bond acceptors (Lipinski definition) is 3. The fourth-order valence-corrected chi connectivity index (χ4v) is 3.28. The van der Waals surface area contributed by atoms with Crippen molar-refractivity contribution in [3.8, 4) is 0 Å². The molecule has 0 bridgehead atoms. The van der Waals surface area contributed by atoms with Crippen molar-refractivity contribution in [3.05, 3.63) is 23.0 Å². The molecule has 3 heterocycles. The number of fused-ring (bicyclic) bond motifs is 1. The minimum absolute atomic E-state index is 0.0670. The van der Waals surface area contributed by atoms with Crippen LogP contribution in [0.15, 0.2) is 6.20 Å². The molecule has 1 amide bonds. The van der Waals surface area contributed by atoms with E-state index in [2.05, 4.69) is 16.9 Å². The summed E-state index contributed by atoms with van der Waals surface area (Å²) in [5, 5.41) is 10.7. The van der Waals surface area contributed by atoms with Crippen LogP contribution in [0.2, 0.25) is 0 Å². The number of rotatable bonds is 2. The Labute approximate surface area is 119 Å². The molecule has 2 N–H and O–H groups in total. The number of H-pyrrole nitrogens is 1. The minimum atomic E-state index is -0.718. The summed E-state index contributed by atoms with van der Waals surface area (Å²) in [6.07, 6.45) is 4.24. The first-order chi connectivity index (χ1) is 9.48. The lowest BCUT2D eigenvalue weighted by Crippen LogP contribution is -2.52. The van der Waals surface area contributed by atoms with E-state index in [0.29, 0.717) is 13.1 Å². The largest absolute Gasteiger partial charge is 0.388 e. The molecule has 0 unspecified atom stereocenters. The molecule has 0 aromatic carbocycles. The molecule has 2 aliphatic rings. The lowest BCUT2D eigenvalue weighted by atomic mass is 9.90. The van der Waals surface area contributed by atoms with Crippen molar-refractivity contribution in [2.75, 3.05) is 33.2 Å². The summed E-state index contributed by atoms with van der Waals surface area (Å²) >= 11 is 0. The number of aromatic amines is 1. The van der Waals surface area contributed by atoms with Gasteiger partial charge in [0.2, 0.25) is 0 Å². The highest BCUT2D eigenvalue weighted by Crippen LogP contribution is 2.27. The van der Waals surface area contributed by atoms with E-state index in [4.69, 9.17) is 0 Å². The number of amides is 1. The van der Waals surface area contributed by atoms with Gasteiger partial charge in [-0.1, -0.05) is 0 Å². The number of aryl methyl sites for hydroxylation is 1. The molecule has 0 saturated carbocycles. The Morgan fingerprint density at radius 1 is 1.35 bits per heavy atom. The Hall–Kier alpha value is -1.33. The molecular weight excluding hydrogens is 254 g/mol. The average molecular weight is 277 g/mol. The van der Waals surface area contributed by atoms with Crippen molar-refractivity contribution < 1.29 is 9.90 Å². The lowest BCUT2D eigenvalue weighted by Gasteiger charge is -2.40. The van der Waals surface area contributed by atoms with Crippen molar-refractivity contribution in [2.45, 2.75) is 31.8 Å². The molecule has 0 spiro atoms. The van der Waals surface area contributed by atoms with Gasteiger partial charge in [0, 0.05) is 44.5 Å². The summed E-state index contributed by atoms with van der Waals surface area (Å²) in [5.41, 5.74) is 2.14. The molecular formula is C15H23N3O2. The summed E-state index contributed by atoms with van der Waals surface area (Å²) < 4.78 is 0. The number of aliphatic hydroxyl groups is 1. The van der Waals surface area contributed by atoms with Crippen LogP contribution in [0.4, 0.5) is 0 Å². The van der Waals surface area contributed by atoms with Gasteiger partial charge in [0.15, 0.2) is 0 Å². The Morgan fingerprint density at radius 3 is 2.75 bits per heavy atom. The number of carbonyl (C=O) groups is 1. The van der Waals surface area contributed by atoms with Gasteiger partial charge in [-0.15, -0.1) is 0 Å². The first-order valence-electron chi connectivity index (χ1n) is 7.36. The first kappa shape index (κ1) is 13.6. The first-order valence-corrected chi connectivity index (χ1v) is 7.36. The summed E-state index contributed by atoms with van der Waals surface area (Å²) in [7, 11) is 2.07. The minimum Gasteiger partial charge on any atom is -0.388 e. The van der Waals surface area contributed by atoms with Crippen LogP contribution < -0.4 is 0 Å². The predicted molar refractivity (Wildman–Crippen MR) is 76.8 cm³/mol. The molecule has 1 saturated heterocycles. The normalized spacial score (nSPS) is 22.9. The van der Waals surface area contributed by atoms with Crippen LogP contribution in [0.25, 0.3) is 0 Å². The van der Waals surface area contributed by atoms with Gasteiger partial charge in [0.1, 0.15) is 0 Å². The number of hydrogen-bond donors (Lipinski definition) is 2. The molecule has 0 atom stereocenters. The van der Waals surface area contributed by atoms with Crippen LogP contribution >= 0.6 is 0 Å². The second-order valence-corrected chi connectivity index (χ2v) is 6.33. The van der Waals surface area contributed by atoms with Gasteiger partial charge in [-0.25, -0.2) is 0 Å². The highest BCUT2D eigenvalue weighted by atomic mass is 16.3. The number of carbonyl (C=O) groups excluding carboxylic acids is 1. The summed E-state index contributed by atoms with van der Waals surface area (Å²) in [6, 6.07) is 0. The summed E-state index contributed by atoms with van der Waals surface area (Å²) in [5.74, 6) is 0.0670. The van der Waals surface area contributed by atoms with E-state index in [0.717, 1.165) is 49.2 Å². The fourth-order valence-electron chi connectivity index (χ4n) is 3.28. The topological polar surface area (TPSA) is 59.6 Å². The molecule has 3 rings (SSSR count). The Balaban J connectivity index is 1.73. The second-order valence-electron chi connectivity index (χ2n) is 6.33. The van der Waals surface area contributed by atoms with E-state index in [1.807, 2.05) is 18.0 Å². The van der Waals surface area contributed by atoms with Gasteiger partial charge in [-0.3, -0.25) is 4.79 Å². The monoisotopic (exact) mass is 277 g/mol. The number of likely N-dealkylation sites (tertiary alicyclic amines) is 1. The summed E-state index contributed by atoms with van der Waals surface area (Å²) in [4.78, 5) is 19.8. The van der Waals surface area contributed by atoms with Gasteiger partial charge in [-0.2, -0.15) is 0 Å². The highest BCUT2D eigenvalue weighted by Gasteiger charge is 2.37. The maximum atomic E-state index is 12.6. The molecule has 2 aliphatic heterocycles. The van der Waals surface area contributed by atoms with Gasteiger partial charge >= 0.3 is 0 Å². The third kappa shape index (κ3) is 2.36. The predicted octanol–water partition coefficient (Wildman–Crippen LogP) is 0.778. The maximum absolute atomic E-state index is 12.6. The molecule has 5 heteroatoms. The van der Waals surface area contributed by atoms with E-state index >= 15 is 0 Å². The molecule has 110 valence electrons. The second kappa shape index (κ2) is 4.90. The van der Waals surface area contributed by atoms with Crippen LogP contribution in [-0.4, -0.2) is 64.6 Å². The molecule has 5 nitrogen and oxygen atoms in total. The fraction of sp³-hybridized carbons (Fsp3) is 0.667. The number of nitrogens with zero attached hydrogens (tertiary/aromatic N) is 2. The number of nitrogens with one attached hydrogen (secondary N) is 1. The van der Waals surface area contributed by atoms with E-state index in [9.17, 15) is 9.90 Å². The van der Waals surface area contributed by atoms with Gasteiger partial charge in [-0.05, 0) is 32.4 Å². The third-order valence-corrected chi connectivity index (χ3v) is 4.69. The Kier molecular flexibility index (Phi) is 3.34. The zero-order valence-electron chi connectivity index (χ0n) is 12.3. The average Bonchev–Trinajstić information content (AvgIpc) is 2.79. The van der Waals surface area contributed by atoms with Crippen LogP contribution in [-0.2, 0) is 6.42 Å². The van der Waals surface area contributed by atoms with Crippen LogP contribution in [0.1, 0.15) is 34.5 Å².